The van der Waals surface area contributed by atoms with Gasteiger partial charge in [-0.25, -0.2) is 0 Å². The van der Waals surface area contributed by atoms with Crippen molar-refractivity contribution in [1.82, 2.24) is 0 Å². The van der Waals surface area contributed by atoms with Crippen LogP contribution in [0.5, 0.6) is 0 Å². The van der Waals surface area contributed by atoms with Gasteiger partial charge < -0.3 is 10.1 Å². The van der Waals surface area contributed by atoms with Crippen molar-refractivity contribution in [1.29, 1.82) is 0 Å². The molecule has 7 heteroatoms. The van der Waals surface area contributed by atoms with Crippen molar-refractivity contribution in [2.45, 2.75) is 19.5 Å². The number of hydrogen-bond donors (Lipinski definition) is 1. The number of benzene rings is 1. The number of carbonyl (C=O) groups excluding carboxylic acids is 1. The number of anilines is 1. The highest BCUT2D eigenvalue weighted by Gasteiger charge is 2.27. The summed E-state index contributed by atoms with van der Waals surface area (Å²) in [5, 5.41) is 2.58. The Morgan fingerprint density at radius 2 is 2.11 bits per heavy atom. The first kappa shape index (κ1) is 16.0. The summed E-state index contributed by atoms with van der Waals surface area (Å²) in [7, 11) is 0. The second kappa shape index (κ2) is 6.91. The average Bonchev–Trinajstić information content (AvgIpc) is 2.28. The lowest BCUT2D eigenvalue weighted by atomic mass is 10.2. The lowest BCUT2D eigenvalue weighted by molar-refractivity contribution is -0.174. The number of ether oxygens (including phenoxy) is 1. The van der Waals surface area contributed by atoms with Crippen LogP contribution in [0.2, 0.25) is 0 Å². The summed E-state index contributed by atoms with van der Waals surface area (Å²) in [6.07, 6.45) is -4.49. The topological polar surface area (TPSA) is 38.3 Å². The lowest BCUT2D eigenvalue weighted by Gasteiger charge is -2.09. The van der Waals surface area contributed by atoms with Crippen molar-refractivity contribution in [3.63, 3.8) is 0 Å². The van der Waals surface area contributed by atoms with Crippen LogP contribution in [0.3, 0.4) is 0 Å². The van der Waals surface area contributed by atoms with Gasteiger partial charge in [-0.05, 0) is 24.6 Å². The first-order chi connectivity index (χ1) is 8.78. The molecular weight excluding hydrogens is 327 g/mol. The van der Waals surface area contributed by atoms with Gasteiger partial charge in [0.2, 0.25) is 5.91 Å². The number of carbonyl (C=O) groups is 1. The molecule has 0 aliphatic heterocycles. The van der Waals surface area contributed by atoms with Crippen molar-refractivity contribution in [2.24, 2.45) is 0 Å². The summed E-state index contributed by atoms with van der Waals surface area (Å²) < 4.78 is 40.5. The van der Waals surface area contributed by atoms with E-state index in [4.69, 9.17) is 0 Å². The van der Waals surface area contributed by atoms with E-state index < -0.39 is 18.7 Å². The van der Waals surface area contributed by atoms with Crippen LogP contribution in [-0.2, 0) is 9.53 Å². The molecule has 0 aromatic heterocycles. The molecule has 19 heavy (non-hydrogen) atoms. The number of halogens is 4. The molecule has 0 atom stereocenters. The third kappa shape index (κ3) is 6.58. The van der Waals surface area contributed by atoms with E-state index in [0.717, 1.165) is 10.0 Å². The van der Waals surface area contributed by atoms with Crippen LogP contribution in [0.4, 0.5) is 18.9 Å². The summed E-state index contributed by atoms with van der Waals surface area (Å²) in [6, 6.07) is 5.26. The van der Waals surface area contributed by atoms with Gasteiger partial charge in [-0.3, -0.25) is 4.79 Å². The zero-order valence-electron chi connectivity index (χ0n) is 10.2. The number of rotatable bonds is 5. The normalized spacial score (nSPS) is 11.4. The fourth-order valence-corrected chi connectivity index (χ4v) is 1.63. The minimum Gasteiger partial charge on any atom is -0.372 e. The molecule has 0 aliphatic rings. The van der Waals surface area contributed by atoms with E-state index in [2.05, 4.69) is 26.0 Å². The predicted octanol–water partition coefficient (Wildman–Crippen LogP) is 3.67. The van der Waals surface area contributed by atoms with Crippen LogP contribution in [0.25, 0.3) is 0 Å². The van der Waals surface area contributed by atoms with Crippen molar-refractivity contribution in [2.75, 3.05) is 18.5 Å². The molecule has 1 N–H and O–H groups in total. The first-order valence-electron chi connectivity index (χ1n) is 5.48. The molecule has 1 aromatic rings. The zero-order chi connectivity index (χ0) is 14.5. The largest absolute Gasteiger partial charge is 0.411 e. The summed E-state index contributed by atoms with van der Waals surface area (Å²) >= 11 is 3.32. The summed E-state index contributed by atoms with van der Waals surface area (Å²) in [4.78, 5) is 11.4. The molecule has 106 valence electrons. The Bertz CT molecular complexity index is 449. The van der Waals surface area contributed by atoms with E-state index >= 15 is 0 Å². The molecule has 0 radical (unpaired) electrons. The van der Waals surface area contributed by atoms with Gasteiger partial charge in [0.05, 0.1) is 13.0 Å². The van der Waals surface area contributed by atoms with Crippen molar-refractivity contribution >= 4 is 27.5 Å². The van der Waals surface area contributed by atoms with Crippen LogP contribution in [-0.4, -0.2) is 25.3 Å². The van der Waals surface area contributed by atoms with Crippen LogP contribution in [0.1, 0.15) is 12.0 Å². The molecule has 1 rings (SSSR count). The van der Waals surface area contributed by atoms with E-state index in [1.165, 1.54) is 0 Å². The van der Waals surface area contributed by atoms with Crippen LogP contribution in [0, 0.1) is 6.92 Å². The fourth-order valence-electron chi connectivity index (χ4n) is 1.25. The summed E-state index contributed by atoms with van der Waals surface area (Å²) in [5.41, 5.74) is 1.60. The zero-order valence-corrected chi connectivity index (χ0v) is 11.8. The smallest absolute Gasteiger partial charge is 0.372 e. The Morgan fingerprint density at radius 3 is 2.68 bits per heavy atom. The Hall–Kier alpha value is -1.08. The third-order valence-electron chi connectivity index (χ3n) is 2.19. The van der Waals surface area contributed by atoms with E-state index in [9.17, 15) is 18.0 Å². The van der Waals surface area contributed by atoms with Gasteiger partial charge in [-0.2, -0.15) is 13.2 Å². The Labute approximate surface area is 117 Å². The quantitative estimate of drug-likeness (QED) is 0.831. The molecule has 0 aliphatic carbocycles. The SMILES string of the molecule is Cc1ccc(NC(=O)CCOCC(F)(F)F)cc1Br. The van der Waals surface area contributed by atoms with E-state index in [0.29, 0.717) is 5.69 Å². The Balaban J connectivity index is 2.33. The highest BCUT2D eigenvalue weighted by atomic mass is 79.9. The van der Waals surface area contributed by atoms with Crippen molar-refractivity contribution in [3.8, 4) is 0 Å². The number of aryl methyl sites for hydroxylation is 1. The number of hydrogen-bond acceptors (Lipinski definition) is 2. The monoisotopic (exact) mass is 339 g/mol. The molecule has 0 bridgehead atoms. The lowest BCUT2D eigenvalue weighted by Crippen LogP contribution is -2.20. The van der Waals surface area contributed by atoms with Crippen molar-refractivity contribution < 1.29 is 22.7 Å². The maximum atomic E-state index is 11.8. The standard InChI is InChI=1S/C12H13BrF3NO2/c1-8-2-3-9(6-10(8)13)17-11(18)4-5-19-7-12(14,15)16/h2-3,6H,4-5,7H2,1H3,(H,17,18). The number of nitrogens with one attached hydrogen (secondary N) is 1. The maximum Gasteiger partial charge on any atom is 0.411 e. The molecular formula is C12H13BrF3NO2. The molecule has 0 heterocycles. The molecule has 0 saturated heterocycles. The van der Waals surface area contributed by atoms with Crippen LogP contribution in [0.15, 0.2) is 22.7 Å². The second-order valence-electron chi connectivity index (χ2n) is 3.93. The molecule has 3 nitrogen and oxygen atoms in total. The first-order valence-corrected chi connectivity index (χ1v) is 6.28. The highest BCUT2D eigenvalue weighted by molar-refractivity contribution is 9.10. The van der Waals surface area contributed by atoms with E-state index in [-0.39, 0.29) is 13.0 Å². The molecule has 1 amide bonds. The van der Waals surface area contributed by atoms with E-state index in [1.54, 1.807) is 12.1 Å². The third-order valence-corrected chi connectivity index (χ3v) is 3.05. The van der Waals surface area contributed by atoms with Crippen molar-refractivity contribution in [3.05, 3.63) is 28.2 Å². The van der Waals surface area contributed by atoms with Gasteiger partial charge in [-0.15, -0.1) is 0 Å². The fraction of sp³-hybridized carbons (Fsp3) is 0.417. The van der Waals surface area contributed by atoms with Gasteiger partial charge >= 0.3 is 6.18 Å². The minimum absolute atomic E-state index is 0.123. The number of alkyl halides is 3. The second-order valence-corrected chi connectivity index (χ2v) is 4.78. The highest BCUT2D eigenvalue weighted by Crippen LogP contribution is 2.20. The maximum absolute atomic E-state index is 11.8. The average molecular weight is 340 g/mol. The summed E-state index contributed by atoms with van der Waals surface area (Å²) in [5.74, 6) is -0.391. The molecule has 0 spiro atoms. The van der Waals surface area contributed by atoms with Gasteiger partial charge in [0, 0.05) is 10.2 Å². The number of amides is 1. The molecule has 0 unspecified atom stereocenters. The van der Waals surface area contributed by atoms with E-state index in [1.807, 2.05) is 13.0 Å². The molecule has 0 fully saturated rings. The molecule has 1 aromatic carbocycles. The van der Waals surface area contributed by atoms with Gasteiger partial charge in [0.1, 0.15) is 6.61 Å². The van der Waals surface area contributed by atoms with Crippen LogP contribution < -0.4 is 5.32 Å². The summed E-state index contributed by atoms with van der Waals surface area (Å²) in [6.45, 7) is 0.301. The van der Waals surface area contributed by atoms with Crippen LogP contribution >= 0.6 is 15.9 Å². The predicted molar refractivity (Wildman–Crippen MR) is 69.0 cm³/mol. The Morgan fingerprint density at radius 1 is 1.42 bits per heavy atom. The molecule has 0 saturated carbocycles. The Kier molecular flexibility index (Phi) is 5.81. The van der Waals surface area contributed by atoms with Gasteiger partial charge in [0.25, 0.3) is 0 Å². The van der Waals surface area contributed by atoms with Gasteiger partial charge in [0.15, 0.2) is 0 Å². The minimum atomic E-state index is -4.36. The van der Waals surface area contributed by atoms with Gasteiger partial charge in [-0.1, -0.05) is 22.0 Å².